The van der Waals surface area contributed by atoms with Crippen LogP contribution in [0.25, 0.3) is 0 Å². The minimum atomic E-state index is -5.16. The lowest BCUT2D eigenvalue weighted by atomic mass is 9.84. The number of amides is 6. The molecular formula is C46H59Cl2N9O12S2. The zero-order chi connectivity index (χ0) is 52.7. The van der Waals surface area contributed by atoms with E-state index in [1.54, 1.807) is 34.6 Å². The molecule has 2 aromatic carbocycles. The molecule has 71 heavy (non-hydrogen) atoms. The van der Waals surface area contributed by atoms with Crippen LogP contribution in [-0.2, 0) is 48.8 Å². The first-order chi connectivity index (χ1) is 33.4. The van der Waals surface area contributed by atoms with E-state index in [1.165, 1.54) is 36.7 Å². The van der Waals surface area contributed by atoms with Crippen LogP contribution in [0.1, 0.15) is 113 Å². The third kappa shape index (κ3) is 16.3. The first-order valence-electron chi connectivity index (χ1n) is 22.9. The number of aldehydes is 1. The molecule has 0 bridgehead atoms. The zero-order valence-corrected chi connectivity index (χ0v) is 42.9. The van der Waals surface area contributed by atoms with Crippen LogP contribution in [0, 0.1) is 17.8 Å². The number of hydrogen-bond acceptors (Lipinski definition) is 14. The maximum atomic E-state index is 15.1. The maximum Gasteiger partial charge on any atom is 0.289 e. The van der Waals surface area contributed by atoms with E-state index in [0.717, 1.165) is 50.4 Å². The van der Waals surface area contributed by atoms with Crippen molar-refractivity contribution in [2.75, 3.05) is 6.54 Å². The van der Waals surface area contributed by atoms with Gasteiger partial charge in [-0.1, -0.05) is 102 Å². The second-order valence-electron chi connectivity index (χ2n) is 17.6. The molecule has 1 aliphatic rings. The van der Waals surface area contributed by atoms with E-state index in [0.29, 0.717) is 12.4 Å². The highest BCUT2D eigenvalue weighted by atomic mass is 35.5. The SMILES string of the molecule is CCC(NC(=O)C(CC1CCCCC1)NC(=O)C(NC(=O)C(CC(C)C)(NC(=O)c1cnccn1)NS(=O)(=O)c1cc(Cl)cc(S(=O)(=O)NC(=O)c2cccc(Cl)c2)c1)C(C)CC)C(=O)C(=O)NCC=O. The largest absolute Gasteiger partial charge is 0.344 e. The molecule has 0 spiro atoms. The zero-order valence-electron chi connectivity index (χ0n) is 39.8. The number of Topliss-reactive ketones (excluding diaryl/α,β-unsaturated/α-hetero) is 1. The van der Waals surface area contributed by atoms with E-state index in [1.807, 2.05) is 4.72 Å². The van der Waals surface area contributed by atoms with Crippen molar-refractivity contribution in [1.82, 2.24) is 46.0 Å². The molecule has 6 amide bonds. The lowest BCUT2D eigenvalue weighted by molar-refractivity contribution is -0.141. The maximum absolute atomic E-state index is 15.1. The molecular weight excluding hydrogens is 1010 g/mol. The van der Waals surface area contributed by atoms with Gasteiger partial charge >= 0.3 is 0 Å². The van der Waals surface area contributed by atoms with E-state index >= 15 is 4.79 Å². The second kappa shape index (κ2) is 26.0. The van der Waals surface area contributed by atoms with Crippen molar-refractivity contribution in [1.29, 1.82) is 0 Å². The molecule has 386 valence electrons. The standard InChI is InChI=1S/C46H59Cl2N9O12S2/c1-6-28(5)38(43(63)53-36(20-29-12-9-8-10-13-29)41(61)52-35(7-2)39(59)44(64)51-18-19-58)54-45(65)46(25-27(3)4,55-42(62)37-26-49-16-17-50-37)57-71(68,69)34-23-32(48)22-33(24-34)70(66,67)56-40(60)30-14-11-15-31(47)21-30/h11,14-17,19,21-24,26-29,35-36,38,57H,6-10,12-13,18,20,25H2,1-5H3,(H,51,64)(H,52,61)(H,53,63)(H,54,65)(H,55,62)(H,56,60). The second-order valence-corrected chi connectivity index (χ2v) is 21.8. The van der Waals surface area contributed by atoms with Gasteiger partial charge in [0, 0.05) is 28.0 Å². The number of aromatic nitrogens is 2. The minimum Gasteiger partial charge on any atom is -0.344 e. The lowest BCUT2D eigenvalue weighted by Crippen LogP contribution is -2.71. The van der Waals surface area contributed by atoms with Crippen LogP contribution >= 0.6 is 23.2 Å². The molecule has 21 nitrogen and oxygen atoms in total. The molecule has 4 rings (SSSR count). The molecule has 0 saturated heterocycles. The number of nitrogens with one attached hydrogen (secondary N) is 7. The van der Waals surface area contributed by atoms with Crippen LogP contribution in [0.4, 0.5) is 0 Å². The van der Waals surface area contributed by atoms with Crippen molar-refractivity contribution in [2.24, 2.45) is 17.8 Å². The summed E-state index contributed by atoms with van der Waals surface area (Å²) < 4.78 is 60.5. The Morgan fingerprint density at radius 2 is 1.45 bits per heavy atom. The third-order valence-corrected chi connectivity index (χ3v) is 14.9. The Balaban J connectivity index is 1.77. The smallest absolute Gasteiger partial charge is 0.289 e. The van der Waals surface area contributed by atoms with Gasteiger partial charge in [-0.05, 0) is 73.4 Å². The summed E-state index contributed by atoms with van der Waals surface area (Å²) in [6, 6.07) is 3.63. The number of rotatable bonds is 25. The summed E-state index contributed by atoms with van der Waals surface area (Å²) in [6.45, 7) is 7.64. The Morgan fingerprint density at radius 1 is 0.789 bits per heavy atom. The number of hydrogen-bond donors (Lipinski definition) is 7. The van der Waals surface area contributed by atoms with Gasteiger partial charge in [0.25, 0.3) is 33.7 Å². The van der Waals surface area contributed by atoms with Crippen molar-refractivity contribution in [3.05, 3.63) is 82.4 Å². The highest BCUT2D eigenvalue weighted by Crippen LogP contribution is 2.29. The molecule has 1 aromatic heterocycles. The minimum absolute atomic E-state index is 0.0181. The monoisotopic (exact) mass is 1060 g/mol. The van der Waals surface area contributed by atoms with Gasteiger partial charge in [0.15, 0.2) is 5.66 Å². The fraction of sp³-hybridized carbons (Fsp3) is 0.478. The number of benzene rings is 2. The van der Waals surface area contributed by atoms with Gasteiger partial charge in [-0.3, -0.25) is 38.5 Å². The summed E-state index contributed by atoms with van der Waals surface area (Å²) in [6.07, 6.45) is 7.89. The Kier molecular flexibility index (Phi) is 21.1. The molecule has 1 saturated carbocycles. The van der Waals surface area contributed by atoms with E-state index in [-0.39, 0.29) is 41.5 Å². The van der Waals surface area contributed by atoms with Crippen molar-refractivity contribution in [3.63, 3.8) is 0 Å². The van der Waals surface area contributed by atoms with Gasteiger partial charge in [-0.2, -0.15) is 4.72 Å². The summed E-state index contributed by atoms with van der Waals surface area (Å²) >= 11 is 12.3. The van der Waals surface area contributed by atoms with Gasteiger partial charge < -0.3 is 31.4 Å². The molecule has 5 unspecified atom stereocenters. The van der Waals surface area contributed by atoms with E-state index in [9.17, 15) is 50.4 Å². The van der Waals surface area contributed by atoms with Crippen molar-refractivity contribution in [2.45, 2.75) is 126 Å². The van der Waals surface area contributed by atoms with Crippen molar-refractivity contribution in [3.8, 4) is 0 Å². The predicted octanol–water partition coefficient (Wildman–Crippen LogP) is 3.12. The van der Waals surface area contributed by atoms with Crippen LogP contribution in [-0.4, -0.2) is 105 Å². The lowest BCUT2D eigenvalue weighted by Gasteiger charge is -2.37. The normalized spacial score (nSPS) is 15.7. The average molecular weight is 1070 g/mol. The number of carbonyl (C=O) groups is 8. The number of sulfonamides is 2. The van der Waals surface area contributed by atoms with Crippen LogP contribution in [0.3, 0.4) is 0 Å². The number of carbonyl (C=O) groups excluding carboxylic acids is 8. The van der Waals surface area contributed by atoms with Crippen LogP contribution < -0.4 is 36.0 Å². The average Bonchev–Trinajstić information content (AvgIpc) is 3.33. The molecule has 1 fully saturated rings. The van der Waals surface area contributed by atoms with Crippen LogP contribution in [0.5, 0.6) is 0 Å². The van der Waals surface area contributed by atoms with Gasteiger partial charge in [0.1, 0.15) is 24.1 Å². The Hall–Kier alpha value is -5.88. The summed E-state index contributed by atoms with van der Waals surface area (Å²) in [4.78, 5) is 113. The van der Waals surface area contributed by atoms with Crippen LogP contribution in [0.2, 0.25) is 10.0 Å². The predicted molar refractivity (Wildman–Crippen MR) is 260 cm³/mol. The van der Waals surface area contributed by atoms with Gasteiger partial charge in [0.2, 0.25) is 27.6 Å². The highest BCUT2D eigenvalue weighted by Gasteiger charge is 2.47. The summed E-state index contributed by atoms with van der Waals surface area (Å²) in [5, 5.41) is 12.2. The number of nitrogens with zero attached hydrogens (tertiary/aromatic N) is 2. The van der Waals surface area contributed by atoms with Crippen molar-refractivity contribution < 1.29 is 55.2 Å². The molecule has 0 radical (unpaired) electrons. The third-order valence-electron chi connectivity index (χ3n) is 11.6. The topological polar surface area (TPSA) is 315 Å². The molecule has 1 heterocycles. The summed E-state index contributed by atoms with van der Waals surface area (Å²) in [7, 11) is -10.0. The van der Waals surface area contributed by atoms with E-state index < -0.39 is 125 Å². The first kappa shape index (κ1) is 57.7. The Morgan fingerprint density at radius 3 is 2.04 bits per heavy atom. The Bertz CT molecular complexity index is 2670. The van der Waals surface area contributed by atoms with Crippen molar-refractivity contribution >= 4 is 90.8 Å². The molecule has 1 aliphatic carbocycles. The van der Waals surface area contributed by atoms with Gasteiger partial charge in [0.05, 0.1) is 28.6 Å². The fourth-order valence-electron chi connectivity index (χ4n) is 7.83. The van der Waals surface area contributed by atoms with Gasteiger partial charge in [-0.15, -0.1) is 0 Å². The molecule has 0 aliphatic heterocycles. The fourth-order valence-corrected chi connectivity index (χ4v) is 10.9. The summed E-state index contributed by atoms with van der Waals surface area (Å²) in [5.74, 6) is -8.63. The quantitative estimate of drug-likeness (QED) is 0.0365. The molecule has 3 aromatic rings. The van der Waals surface area contributed by atoms with Crippen LogP contribution in [0.15, 0.2) is 70.8 Å². The number of ketones is 1. The molecule has 7 N–H and O–H groups in total. The highest BCUT2D eigenvalue weighted by molar-refractivity contribution is 7.90. The summed E-state index contributed by atoms with van der Waals surface area (Å²) in [5.41, 5.74) is -3.19. The van der Waals surface area contributed by atoms with E-state index in [4.69, 9.17) is 23.2 Å². The Labute approximate surface area is 422 Å². The first-order valence-corrected chi connectivity index (χ1v) is 26.6. The molecule has 25 heteroatoms. The van der Waals surface area contributed by atoms with Gasteiger partial charge in [-0.25, -0.2) is 26.5 Å². The van der Waals surface area contributed by atoms with E-state index in [2.05, 4.69) is 41.3 Å². The molecule has 5 atom stereocenters. The number of halogens is 2.